The molecule has 30 heavy (non-hydrogen) atoms. The molecule has 0 radical (unpaired) electrons. The van der Waals surface area contributed by atoms with Gasteiger partial charge in [0.15, 0.2) is 0 Å². The van der Waals surface area contributed by atoms with E-state index in [2.05, 4.69) is 43.6 Å². The van der Waals surface area contributed by atoms with Gasteiger partial charge in [-0.1, -0.05) is 39.7 Å². The van der Waals surface area contributed by atoms with E-state index < -0.39 is 0 Å². The predicted octanol–water partition coefficient (Wildman–Crippen LogP) is 4.99. The van der Waals surface area contributed by atoms with Crippen LogP contribution in [-0.4, -0.2) is 21.6 Å². The predicted molar refractivity (Wildman–Crippen MR) is 125 cm³/mol. The smallest absolute Gasteiger partial charge is 0.257 e. The quantitative estimate of drug-likeness (QED) is 0.410. The largest absolute Gasteiger partial charge is 0.326 e. The van der Waals surface area contributed by atoms with Crippen LogP contribution in [0.3, 0.4) is 0 Å². The van der Waals surface area contributed by atoms with Crippen molar-refractivity contribution in [1.29, 1.82) is 0 Å². The Hall–Kier alpha value is -2.93. The van der Waals surface area contributed by atoms with Crippen LogP contribution in [0.25, 0.3) is 0 Å². The number of carbonyl (C=O) groups excluding carboxylic acids is 1. The number of benzene rings is 2. The second-order valence-corrected chi connectivity index (χ2v) is 8.00. The summed E-state index contributed by atoms with van der Waals surface area (Å²) in [6.07, 6.45) is 0. The van der Waals surface area contributed by atoms with Crippen LogP contribution in [-0.2, 0) is 13.1 Å². The van der Waals surface area contributed by atoms with Crippen LogP contribution in [0.4, 0.5) is 5.69 Å². The third-order valence-corrected chi connectivity index (χ3v) is 5.32. The monoisotopic (exact) mass is 467 g/mol. The van der Waals surface area contributed by atoms with Crippen molar-refractivity contribution in [3.63, 3.8) is 0 Å². The normalized spacial score (nSPS) is 11.4. The van der Waals surface area contributed by atoms with Crippen LogP contribution >= 0.6 is 15.9 Å². The number of aliphatic imine (C=N–C) groups is 1. The highest BCUT2D eigenvalue weighted by atomic mass is 79.9. The van der Waals surface area contributed by atoms with E-state index in [9.17, 15) is 4.79 Å². The molecule has 0 unspecified atom stereocenters. The molecule has 1 aromatic heterocycles. The molecule has 3 rings (SSSR count). The SMILES string of the molecule is CCn1nc(C)c(CN=C(NC(=O)c2cccc(C)c2)Nc2cccc(Br)c2)c1C. The number of nitrogens with zero attached hydrogens (tertiary/aromatic N) is 3. The van der Waals surface area contributed by atoms with Gasteiger partial charge in [-0.15, -0.1) is 0 Å². The van der Waals surface area contributed by atoms with Gasteiger partial charge in [-0.05, 0) is 58.0 Å². The molecule has 6 nitrogen and oxygen atoms in total. The summed E-state index contributed by atoms with van der Waals surface area (Å²) in [6.45, 7) is 9.28. The van der Waals surface area contributed by atoms with Gasteiger partial charge >= 0.3 is 0 Å². The summed E-state index contributed by atoms with van der Waals surface area (Å²) >= 11 is 3.47. The minimum absolute atomic E-state index is 0.211. The first kappa shape index (κ1) is 21.8. The van der Waals surface area contributed by atoms with Gasteiger partial charge in [-0.25, -0.2) is 4.99 Å². The van der Waals surface area contributed by atoms with Crippen molar-refractivity contribution >= 4 is 33.5 Å². The highest BCUT2D eigenvalue weighted by molar-refractivity contribution is 9.10. The van der Waals surface area contributed by atoms with Crippen molar-refractivity contribution in [3.05, 3.63) is 81.1 Å². The van der Waals surface area contributed by atoms with Crippen LogP contribution in [0.5, 0.6) is 0 Å². The van der Waals surface area contributed by atoms with Gasteiger partial charge in [-0.3, -0.25) is 14.8 Å². The fourth-order valence-electron chi connectivity index (χ4n) is 3.21. The fraction of sp³-hybridized carbons (Fsp3) is 0.261. The van der Waals surface area contributed by atoms with E-state index in [0.29, 0.717) is 18.1 Å². The Bertz CT molecular complexity index is 1090. The van der Waals surface area contributed by atoms with E-state index in [4.69, 9.17) is 0 Å². The molecule has 1 amide bonds. The Kier molecular flexibility index (Phi) is 7.05. The standard InChI is InChI=1S/C23H26BrN5O/c1-5-29-17(4)21(16(3)28-29)14-25-23(26-20-11-7-10-19(24)13-20)27-22(30)18-9-6-8-15(2)12-18/h6-13H,5,14H2,1-4H3,(H2,25,26,27,30). The van der Waals surface area contributed by atoms with Crippen molar-refractivity contribution in [2.45, 2.75) is 40.8 Å². The molecule has 2 aromatic carbocycles. The number of aryl methyl sites for hydroxylation is 3. The summed E-state index contributed by atoms with van der Waals surface area (Å²) in [5.74, 6) is 0.181. The van der Waals surface area contributed by atoms with Crippen molar-refractivity contribution in [1.82, 2.24) is 15.1 Å². The van der Waals surface area contributed by atoms with Gasteiger partial charge < -0.3 is 5.32 Å². The van der Waals surface area contributed by atoms with Gasteiger partial charge in [0, 0.05) is 33.5 Å². The molecule has 0 fully saturated rings. The number of anilines is 1. The molecule has 0 aliphatic heterocycles. The minimum atomic E-state index is -0.211. The van der Waals surface area contributed by atoms with Crippen molar-refractivity contribution in [3.8, 4) is 0 Å². The zero-order chi connectivity index (χ0) is 21.7. The number of halogens is 1. The van der Waals surface area contributed by atoms with Crippen molar-refractivity contribution in [2.75, 3.05) is 5.32 Å². The maximum absolute atomic E-state index is 12.8. The molecule has 1 heterocycles. The van der Waals surface area contributed by atoms with E-state index in [1.54, 1.807) is 6.07 Å². The topological polar surface area (TPSA) is 71.3 Å². The van der Waals surface area contributed by atoms with E-state index in [-0.39, 0.29) is 5.91 Å². The van der Waals surface area contributed by atoms with Crippen LogP contribution < -0.4 is 10.6 Å². The van der Waals surface area contributed by atoms with Gasteiger partial charge in [0.05, 0.1) is 12.2 Å². The number of hydrogen-bond acceptors (Lipinski definition) is 3. The molecular weight excluding hydrogens is 442 g/mol. The molecule has 0 atom stereocenters. The molecule has 0 saturated carbocycles. The Morgan fingerprint density at radius 3 is 2.57 bits per heavy atom. The Morgan fingerprint density at radius 1 is 1.13 bits per heavy atom. The number of hydrogen-bond donors (Lipinski definition) is 2. The first-order chi connectivity index (χ1) is 14.4. The summed E-state index contributed by atoms with van der Waals surface area (Å²) in [5.41, 5.74) is 5.54. The molecule has 156 valence electrons. The summed E-state index contributed by atoms with van der Waals surface area (Å²) in [6, 6.07) is 15.2. The van der Waals surface area contributed by atoms with Crippen LogP contribution in [0.15, 0.2) is 58.0 Å². The first-order valence-electron chi connectivity index (χ1n) is 9.85. The highest BCUT2D eigenvalue weighted by Gasteiger charge is 2.13. The van der Waals surface area contributed by atoms with Crippen molar-refractivity contribution in [2.24, 2.45) is 4.99 Å². The summed E-state index contributed by atoms with van der Waals surface area (Å²) < 4.78 is 2.90. The zero-order valence-corrected chi connectivity index (χ0v) is 19.2. The molecule has 0 bridgehead atoms. The minimum Gasteiger partial charge on any atom is -0.326 e. The maximum atomic E-state index is 12.8. The lowest BCUT2D eigenvalue weighted by atomic mass is 10.1. The lowest BCUT2D eigenvalue weighted by molar-refractivity contribution is 0.0977. The molecule has 3 aromatic rings. The number of amides is 1. The van der Waals surface area contributed by atoms with Crippen LogP contribution in [0.1, 0.15) is 39.8 Å². The average molecular weight is 468 g/mol. The molecule has 2 N–H and O–H groups in total. The Balaban J connectivity index is 1.87. The molecule has 0 aliphatic carbocycles. The summed E-state index contributed by atoms with van der Waals surface area (Å²) in [4.78, 5) is 17.5. The maximum Gasteiger partial charge on any atom is 0.257 e. The molecule has 0 saturated heterocycles. The van der Waals surface area contributed by atoms with E-state index >= 15 is 0 Å². The Labute approximate surface area is 185 Å². The number of carbonyl (C=O) groups is 1. The van der Waals surface area contributed by atoms with Gasteiger partial charge in [0.25, 0.3) is 5.91 Å². The molecular formula is C23H26BrN5O. The Morgan fingerprint density at radius 2 is 1.90 bits per heavy atom. The molecule has 0 aliphatic rings. The zero-order valence-electron chi connectivity index (χ0n) is 17.7. The number of aromatic nitrogens is 2. The fourth-order valence-corrected chi connectivity index (χ4v) is 3.61. The number of rotatable bonds is 5. The van der Waals surface area contributed by atoms with E-state index in [1.807, 2.05) is 67.9 Å². The third-order valence-electron chi connectivity index (χ3n) is 4.83. The average Bonchev–Trinajstić information content (AvgIpc) is 2.99. The van der Waals surface area contributed by atoms with Gasteiger partial charge in [0.2, 0.25) is 5.96 Å². The lowest BCUT2D eigenvalue weighted by Gasteiger charge is -2.13. The number of guanidine groups is 1. The second kappa shape index (κ2) is 9.71. The van der Waals surface area contributed by atoms with Crippen molar-refractivity contribution < 1.29 is 4.79 Å². The summed E-state index contributed by atoms with van der Waals surface area (Å²) in [5, 5.41) is 10.7. The molecule has 0 spiro atoms. The van der Waals surface area contributed by atoms with Crippen LogP contribution in [0, 0.1) is 20.8 Å². The summed E-state index contributed by atoms with van der Waals surface area (Å²) in [7, 11) is 0. The van der Waals surface area contributed by atoms with Gasteiger partial charge in [0.1, 0.15) is 0 Å². The van der Waals surface area contributed by atoms with E-state index in [0.717, 1.165) is 39.2 Å². The highest BCUT2D eigenvalue weighted by Crippen LogP contribution is 2.17. The first-order valence-corrected chi connectivity index (χ1v) is 10.6. The number of nitrogens with one attached hydrogen (secondary N) is 2. The third kappa shape index (κ3) is 5.36. The van der Waals surface area contributed by atoms with E-state index in [1.165, 1.54) is 0 Å². The second-order valence-electron chi connectivity index (χ2n) is 7.09. The molecule has 7 heteroatoms. The lowest BCUT2D eigenvalue weighted by Crippen LogP contribution is -2.36. The van der Waals surface area contributed by atoms with Gasteiger partial charge in [-0.2, -0.15) is 5.10 Å². The van der Waals surface area contributed by atoms with Crippen LogP contribution in [0.2, 0.25) is 0 Å².